The number of hydrogen-bond acceptors (Lipinski definition) is 2. The molecule has 1 heterocycles. The Morgan fingerprint density at radius 1 is 0.926 bits per heavy atom. The number of Topliss-reactive ketones (excluding diaryl/α,β-unsaturated/α-hetero) is 1. The molecule has 2 N–H and O–H groups in total. The number of hydrogen-bond donors (Lipinski definition) is 2. The zero-order valence-corrected chi connectivity index (χ0v) is 14.7. The predicted octanol–water partition coefficient (Wildman–Crippen LogP) is 5.02. The van der Waals surface area contributed by atoms with Gasteiger partial charge in [-0.1, -0.05) is 66.7 Å². The zero-order chi connectivity index (χ0) is 18.6. The van der Waals surface area contributed by atoms with Gasteiger partial charge in [0.2, 0.25) is 0 Å². The maximum Gasteiger partial charge on any atom is 0.186 e. The number of aromatic nitrogens is 1. The molecule has 0 bridgehead atoms. The van der Waals surface area contributed by atoms with E-state index in [2.05, 4.69) is 10.3 Å². The molecule has 1 unspecified atom stereocenters. The third-order valence-electron chi connectivity index (χ3n) is 4.70. The van der Waals surface area contributed by atoms with Crippen molar-refractivity contribution in [1.82, 2.24) is 10.3 Å². The first-order valence-electron chi connectivity index (χ1n) is 8.86. The van der Waals surface area contributed by atoms with E-state index in [4.69, 9.17) is 0 Å². The minimum atomic E-state index is -0.565. The van der Waals surface area contributed by atoms with Crippen LogP contribution in [0.5, 0.6) is 0 Å². The van der Waals surface area contributed by atoms with Crippen molar-refractivity contribution in [2.75, 3.05) is 0 Å². The number of rotatable bonds is 6. The monoisotopic (exact) mass is 358 g/mol. The lowest BCUT2D eigenvalue weighted by molar-refractivity contribution is 0.0943. The van der Waals surface area contributed by atoms with Gasteiger partial charge in [0.05, 0.1) is 6.04 Å². The lowest BCUT2D eigenvalue weighted by Crippen LogP contribution is -2.28. The topological polar surface area (TPSA) is 44.9 Å². The van der Waals surface area contributed by atoms with Crippen molar-refractivity contribution in [2.45, 2.75) is 12.6 Å². The van der Waals surface area contributed by atoms with E-state index in [1.54, 1.807) is 24.4 Å². The fraction of sp³-hybridized carbons (Fsp3) is 0.0870. The largest absolute Gasteiger partial charge is 0.360 e. The minimum Gasteiger partial charge on any atom is -0.360 e. The lowest BCUT2D eigenvalue weighted by Gasteiger charge is -2.18. The van der Waals surface area contributed by atoms with E-state index in [9.17, 15) is 9.18 Å². The van der Waals surface area contributed by atoms with Gasteiger partial charge >= 0.3 is 0 Å². The van der Waals surface area contributed by atoms with Gasteiger partial charge in [0, 0.05) is 34.8 Å². The van der Waals surface area contributed by atoms with Crippen LogP contribution in [0.2, 0.25) is 0 Å². The summed E-state index contributed by atoms with van der Waals surface area (Å²) in [6.07, 6.45) is 1.74. The van der Waals surface area contributed by atoms with Crippen molar-refractivity contribution in [3.63, 3.8) is 0 Å². The standard InChI is InChI=1S/C23H19FN2O/c24-20-12-6-4-10-17(20)14-26-22(16-8-2-1-3-9-16)23(27)19-15-25-21-13-7-5-11-18(19)21/h1-13,15,22,25-26H,14H2. The summed E-state index contributed by atoms with van der Waals surface area (Å²) in [6, 6.07) is 23.3. The van der Waals surface area contributed by atoms with Crippen LogP contribution in [-0.4, -0.2) is 10.8 Å². The molecule has 0 radical (unpaired) electrons. The first-order chi connectivity index (χ1) is 13.2. The summed E-state index contributed by atoms with van der Waals surface area (Å²) in [6.45, 7) is 0.264. The summed E-state index contributed by atoms with van der Waals surface area (Å²) < 4.78 is 14.0. The average Bonchev–Trinajstić information content (AvgIpc) is 3.14. The Labute approximate surface area is 156 Å². The zero-order valence-electron chi connectivity index (χ0n) is 14.7. The Bertz CT molecular complexity index is 1070. The normalized spacial score (nSPS) is 12.2. The third-order valence-corrected chi connectivity index (χ3v) is 4.70. The Kier molecular flexibility index (Phi) is 4.81. The van der Waals surface area contributed by atoms with Crippen LogP contribution in [0, 0.1) is 5.82 Å². The van der Waals surface area contributed by atoms with Crippen molar-refractivity contribution in [3.8, 4) is 0 Å². The first kappa shape index (κ1) is 17.2. The quantitative estimate of drug-likeness (QED) is 0.475. The predicted molar refractivity (Wildman–Crippen MR) is 105 cm³/mol. The molecule has 0 aliphatic carbocycles. The molecule has 4 heteroatoms. The second kappa shape index (κ2) is 7.56. The van der Waals surface area contributed by atoms with Gasteiger partial charge in [0.1, 0.15) is 5.82 Å². The number of fused-ring (bicyclic) bond motifs is 1. The van der Waals surface area contributed by atoms with Gasteiger partial charge in [0.15, 0.2) is 5.78 Å². The fourth-order valence-corrected chi connectivity index (χ4v) is 3.29. The molecule has 4 rings (SSSR count). The maximum atomic E-state index is 14.0. The number of carbonyl (C=O) groups is 1. The Morgan fingerprint density at radius 2 is 1.63 bits per heavy atom. The van der Waals surface area contributed by atoms with E-state index >= 15 is 0 Å². The van der Waals surface area contributed by atoms with Gasteiger partial charge in [-0.3, -0.25) is 10.1 Å². The van der Waals surface area contributed by atoms with E-state index in [0.29, 0.717) is 11.1 Å². The number of aromatic amines is 1. The van der Waals surface area contributed by atoms with Gasteiger partial charge in [-0.25, -0.2) is 4.39 Å². The molecule has 27 heavy (non-hydrogen) atoms. The highest BCUT2D eigenvalue weighted by molar-refractivity contribution is 6.10. The number of halogens is 1. The van der Waals surface area contributed by atoms with Crippen LogP contribution in [0.1, 0.15) is 27.5 Å². The summed E-state index contributed by atoms with van der Waals surface area (Å²) in [4.78, 5) is 16.5. The van der Waals surface area contributed by atoms with Crippen molar-refractivity contribution in [1.29, 1.82) is 0 Å². The molecule has 1 atom stereocenters. The Hall–Kier alpha value is -3.24. The average molecular weight is 358 g/mol. The van der Waals surface area contributed by atoms with Gasteiger partial charge < -0.3 is 4.98 Å². The Morgan fingerprint density at radius 3 is 2.44 bits per heavy atom. The molecule has 0 spiro atoms. The fourth-order valence-electron chi connectivity index (χ4n) is 3.29. The van der Waals surface area contributed by atoms with Gasteiger partial charge in [0.25, 0.3) is 0 Å². The van der Waals surface area contributed by atoms with Crippen LogP contribution in [0.4, 0.5) is 4.39 Å². The summed E-state index contributed by atoms with van der Waals surface area (Å²) in [7, 11) is 0. The molecule has 4 aromatic rings. The maximum absolute atomic E-state index is 14.0. The molecule has 1 aromatic heterocycles. The van der Waals surface area contributed by atoms with Crippen LogP contribution in [0.15, 0.2) is 85.1 Å². The van der Waals surface area contributed by atoms with E-state index in [1.165, 1.54) is 6.07 Å². The van der Waals surface area contributed by atoms with E-state index in [-0.39, 0.29) is 18.1 Å². The molecule has 0 fully saturated rings. The molecule has 3 nitrogen and oxygen atoms in total. The number of carbonyl (C=O) groups excluding carboxylic acids is 1. The highest BCUT2D eigenvalue weighted by Gasteiger charge is 2.24. The third kappa shape index (κ3) is 3.52. The van der Waals surface area contributed by atoms with E-state index in [0.717, 1.165) is 16.5 Å². The smallest absolute Gasteiger partial charge is 0.186 e. The SMILES string of the molecule is O=C(c1c[nH]c2ccccc12)C(NCc1ccccc1F)c1ccccc1. The van der Waals surface area contributed by atoms with Crippen molar-refractivity contribution < 1.29 is 9.18 Å². The molecule has 0 aliphatic heterocycles. The molecule has 0 saturated heterocycles. The number of para-hydroxylation sites is 1. The van der Waals surface area contributed by atoms with E-state index < -0.39 is 6.04 Å². The summed E-state index contributed by atoms with van der Waals surface area (Å²) >= 11 is 0. The second-order valence-electron chi connectivity index (χ2n) is 6.43. The summed E-state index contributed by atoms with van der Waals surface area (Å²) in [5.74, 6) is -0.327. The second-order valence-corrected chi connectivity index (χ2v) is 6.43. The van der Waals surface area contributed by atoms with Crippen LogP contribution in [-0.2, 0) is 6.54 Å². The summed E-state index contributed by atoms with van der Waals surface area (Å²) in [5.41, 5.74) is 2.93. The van der Waals surface area contributed by atoms with Crippen molar-refractivity contribution >= 4 is 16.7 Å². The highest BCUT2D eigenvalue weighted by atomic mass is 19.1. The minimum absolute atomic E-state index is 0.0463. The number of benzene rings is 3. The number of ketones is 1. The summed E-state index contributed by atoms with van der Waals surface area (Å²) in [5, 5.41) is 4.13. The van der Waals surface area contributed by atoms with E-state index in [1.807, 2.05) is 54.6 Å². The number of H-pyrrole nitrogens is 1. The molecule has 0 aliphatic rings. The molecule has 0 amide bonds. The van der Waals surface area contributed by atoms with Crippen LogP contribution < -0.4 is 5.32 Å². The lowest BCUT2D eigenvalue weighted by atomic mass is 9.96. The first-order valence-corrected chi connectivity index (χ1v) is 8.86. The molecule has 3 aromatic carbocycles. The Balaban J connectivity index is 1.68. The van der Waals surface area contributed by atoms with Gasteiger partial charge in [-0.2, -0.15) is 0 Å². The van der Waals surface area contributed by atoms with Crippen molar-refractivity contribution in [3.05, 3.63) is 108 Å². The van der Waals surface area contributed by atoms with Crippen LogP contribution in [0.3, 0.4) is 0 Å². The highest BCUT2D eigenvalue weighted by Crippen LogP contribution is 2.25. The molecule has 134 valence electrons. The van der Waals surface area contributed by atoms with Crippen molar-refractivity contribution in [2.24, 2.45) is 0 Å². The van der Waals surface area contributed by atoms with Crippen LogP contribution in [0.25, 0.3) is 10.9 Å². The van der Waals surface area contributed by atoms with Crippen LogP contribution >= 0.6 is 0 Å². The molecule has 0 saturated carbocycles. The van der Waals surface area contributed by atoms with Gasteiger partial charge in [-0.15, -0.1) is 0 Å². The number of nitrogens with one attached hydrogen (secondary N) is 2. The molecular formula is C23H19FN2O. The van der Waals surface area contributed by atoms with Gasteiger partial charge in [-0.05, 0) is 17.7 Å². The molecular weight excluding hydrogens is 339 g/mol.